The van der Waals surface area contributed by atoms with Gasteiger partial charge in [0.05, 0.1) is 7.11 Å². The molecule has 1 aromatic carbocycles. The molecule has 2 rings (SSSR count). The van der Waals surface area contributed by atoms with Crippen LogP contribution in [0.2, 0.25) is 5.02 Å². The van der Waals surface area contributed by atoms with Crippen LogP contribution in [0.15, 0.2) is 41.3 Å². The van der Waals surface area contributed by atoms with Crippen LogP contribution in [0.4, 0.5) is 0 Å². The highest BCUT2D eigenvalue weighted by molar-refractivity contribution is 6.31. The molecule has 0 N–H and O–H groups in total. The highest BCUT2D eigenvalue weighted by atomic mass is 35.5. The molecule has 0 aliphatic heterocycles. The number of rotatable bonds is 4. The maximum atomic E-state index is 12.5. The molecular formula is C16H16ClNO3. The number of methoxy groups -OCH3 is 1. The van der Waals surface area contributed by atoms with Gasteiger partial charge in [0.15, 0.2) is 5.78 Å². The lowest BCUT2D eigenvalue weighted by atomic mass is 9.93. The van der Waals surface area contributed by atoms with Gasteiger partial charge >= 0.3 is 0 Å². The molecular weight excluding hydrogens is 290 g/mol. The first-order valence-electron chi connectivity index (χ1n) is 6.48. The van der Waals surface area contributed by atoms with E-state index in [4.69, 9.17) is 16.3 Å². The predicted molar refractivity (Wildman–Crippen MR) is 82.4 cm³/mol. The molecule has 0 aliphatic carbocycles. The number of carbonyl (C=O) groups excluding carboxylic acids is 1. The molecule has 0 amide bonds. The minimum Gasteiger partial charge on any atom is -0.497 e. The molecule has 0 saturated heterocycles. The number of Topliss-reactive ketones (excluding diaryl/α,β-unsaturated/α-hetero) is 1. The molecule has 110 valence electrons. The van der Waals surface area contributed by atoms with Gasteiger partial charge in [0.1, 0.15) is 5.75 Å². The summed E-state index contributed by atoms with van der Waals surface area (Å²) in [6, 6.07) is 8.13. The van der Waals surface area contributed by atoms with Crippen molar-refractivity contribution in [2.24, 2.45) is 7.05 Å². The van der Waals surface area contributed by atoms with Gasteiger partial charge in [0.25, 0.3) is 0 Å². The van der Waals surface area contributed by atoms with E-state index < -0.39 is 5.92 Å². The van der Waals surface area contributed by atoms with Crippen molar-refractivity contribution in [2.45, 2.75) is 12.8 Å². The predicted octanol–water partition coefficient (Wildman–Crippen LogP) is 3.03. The van der Waals surface area contributed by atoms with Crippen LogP contribution in [-0.4, -0.2) is 17.5 Å². The summed E-state index contributed by atoms with van der Waals surface area (Å²) in [7, 11) is 3.18. The summed E-state index contributed by atoms with van der Waals surface area (Å²) in [6.07, 6.45) is 1.54. The molecule has 0 fully saturated rings. The molecule has 1 unspecified atom stereocenters. The van der Waals surface area contributed by atoms with Crippen LogP contribution >= 0.6 is 11.6 Å². The summed E-state index contributed by atoms with van der Waals surface area (Å²) < 4.78 is 6.55. The van der Waals surface area contributed by atoms with Gasteiger partial charge in [-0.15, -0.1) is 0 Å². The van der Waals surface area contributed by atoms with Crippen molar-refractivity contribution in [1.82, 2.24) is 4.57 Å². The Labute approximate surface area is 127 Å². The van der Waals surface area contributed by atoms with Gasteiger partial charge in [-0.3, -0.25) is 9.59 Å². The quantitative estimate of drug-likeness (QED) is 0.816. The topological polar surface area (TPSA) is 48.3 Å². The lowest BCUT2D eigenvalue weighted by molar-refractivity contribution is 0.0965. The van der Waals surface area contributed by atoms with Crippen LogP contribution in [0.3, 0.4) is 0 Å². The molecule has 1 heterocycles. The van der Waals surface area contributed by atoms with E-state index >= 15 is 0 Å². The standard InChI is InChI=1S/C16H16ClNO3/c1-10(13-8-12(21-3)5-6-14(13)17)16(20)11-4-7-15(19)18(2)9-11/h4-10H,1-3H3. The number of ether oxygens (including phenoxy) is 1. The molecule has 0 bridgehead atoms. The van der Waals surface area contributed by atoms with Gasteiger partial charge in [0, 0.05) is 35.8 Å². The van der Waals surface area contributed by atoms with Gasteiger partial charge in [-0.05, 0) is 29.8 Å². The monoisotopic (exact) mass is 305 g/mol. The number of benzene rings is 1. The number of halogens is 1. The zero-order valence-electron chi connectivity index (χ0n) is 12.1. The fraction of sp³-hybridized carbons (Fsp3) is 0.250. The van der Waals surface area contributed by atoms with Crippen LogP contribution in [-0.2, 0) is 7.05 Å². The highest BCUT2D eigenvalue weighted by Crippen LogP contribution is 2.30. The number of aromatic nitrogens is 1. The molecule has 5 heteroatoms. The van der Waals surface area contributed by atoms with Crippen molar-refractivity contribution in [3.63, 3.8) is 0 Å². The summed E-state index contributed by atoms with van der Waals surface area (Å²) in [6.45, 7) is 1.79. The number of hydrogen-bond acceptors (Lipinski definition) is 3. The summed E-state index contributed by atoms with van der Waals surface area (Å²) in [4.78, 5) is 23.9. The van der Waals surface area contributed by atoms with Crippen LogP contribution in [0.5, 0.6) is 5.75 Å². The lowest BCUT2D eigenvalue weighted by Crippen LogP contribution is -2.18. The molecule has 2 aromatic rings. The Morgan fingerprint density at radius 3 is 2.62 bits per heavy atom. The molecule has 0 spiro atoms. The minimum atomic E-state index is -0.426. The Balaban J connectivity index is 2.39. The van der Waals surface area contributed by atoms with E-state index in [1.807, 2.05) is 0 Å². The normalized spacial score (nSPS) is 12.0. The first kappa shape index (κ1) is 15.3. The molecule has 1 aromatic heterocycles. The van der Waals surface area contributed by atoms with E-state index in [-0.39, 0.29) is 11.3 Å². The van der Waals surface area contributed by atoms with Gasteiger partial charge in [-0.1, -0.05) is 18.5 Å². The zero-order valence-corrected chi connectivity index (χ0v) is 12.8. The zero-order chi connectivity index (χ0) is 15.6. The van der Waals surface area contributed by atoms with E-state index in [9.17, 15) is 9.59 Å². The molecule has 0 radical (unpaired) electrons. The van der Waals surface area contributed by atoms with Gasteiger partial charge in [0.2, 0.25) is 5.56 Å². The smallest absolute Gasteiger partial charge is 0.250 e. The Kier molecular flexibility index (Phi) is 4.48. The number of hydrogen-bond donors (Lipinski definition) is 0. The Morgan fingerprint density at radius 1 is 1.29 bits per heavy atom. The summed E-state index contributed by atoms with van der Waals surface area (Å²) in [5.74, 6) is 0.125. The average Bonchev–Trinajstić information content (AvgIpc) is 2.49. The third kappa shape index (κ3) is 3.16. The fourth-order valence-corrected chi connectivity index (χ4v) is 2.39. The van der Waals surface area contributed by atoms with Crippen molar-refractivity contribution in [3.05, 3.63) is 63.0 Å². The molecule has 0 saturated carbocycles. The van der Waals surface area contributed by atoms with Crippen molar-refractivity contribution in [3.8, 4) is 5.75 Å². The first-order chi connectivity index (χ1) is 9.93. The van der Waals surface area contributed by atoms with Crippen molar-refractivity contribution in [2.75, 3.05) is 7.11 Å². The lowest BCUT2D eigenvalue weighted by Gasteiger charge is -2.14. The number of aryl methyl sites for hydroxylation is 1. The summed E-state index contributed by atoms with van der Waals surface area (Å²) in [5.41, 5.74) is 1.02. The third-order valence-electron chi connectivity index (χ3n) is 3.43. The SMILES string of the molecule is COc1ccc(Cl)c(C(C)C(=O)c2ccc(=O)n(C)c2)c1. The second kappa shape index (κ2) is 6.14. The van der Waals surface area contributed by atoms with Gasteiger partial charge in [-0.2, -0.15) is 0 Å². The molecule has 4 nitrogen and oxygen atoms in total. The second-order valence-electron chi connectivity index (χ2n) is 4.84. The fourth-order valence-electron chi connectivity index (χ4n) is 2.11. The van der Waals surface area contributed by atoms with Gasteiger partial charge in [-0.25, -0.2) is 0 Å². The number of carbonyl (C=O) groups is 1. The van der Waals surface area contributed by atoms with Crippen LogP contribution in [0.25, 0.3) is 0 Å². The van der Waals surface area contributed by atoms with E-state index in [2.05, 4.69) is 0 Å². The first-order valence-corrected chi connectivity index (χ1v) is 6.86. The second-order valence-corrected chi connectivity index (χ2v) is 5.25. The van der Waals surface area contributed by atoms with E-state index in [1.54, 1.807) is 39.3 Å². The van der Waals surface area contributed by atoms with Crippen LogP contribution in [0.1, 0.15) is 28.8 Å². The molecule has 0 aliphatic rings. The van der Waals surface area contributed by atoms with E-state index in [0.29, 0.717) is 21.9 Å². The minimum absolute atomic E-state index is 0.0965. The largest absolute Gasteiger partial charge is 0.497 e. The third-order valence-corrected chi connectivity index (χ3v) is 3.78. The maximum Gasteiger partial charge on any atom is 0.250 e. The highest BCUT2D eigenvalue weighted by Gasteiger charge is 2.20. The average molecular weight is 306 g/mol. The summed E-state index contributed by atoms with van der Waals surface area (Å²) in [5, 5.41) is 0.515. The Hall–Kier alpha value is -2.07. The summed E-state index contributed by atoms with van der Waals surface area (Å²) >= 11 is 6.17. The number of nitrogens with zero attached hydrogens (tertiary/aromatic N) is 1. The van der Waals surface area contributed by atoms with E-state index in [0.717, 1.165) is 0 Å². The van der Waals surface area contributed by atoms with Crippen molar-refractivity contribution in [1.29, 1.82) is 0 Å². The van der Waals surface area contributed by atoms with Gasteiger partial charge < -0.3 is 9.30 Å². The Morgan fingerprint density at radius 2 is 2.00 bits per heavy atom. The number of pyridine rings is 1. The Bertz CT molecular complexity index is 737. The molecule has 21 heavy (non-hydrogen) atoms. The maximum absolute atomic E-state index is 12.5. The number of ketones is 1. The van der Waals surface area contributed by atoms with E-state index in [1.165, 1.54) is 22.9 Å². The van der Waals surface area contributed by atoms with Crippen molar-refractivity contribution >= 4 is 17.4 Å². The van der Waals surface area contributed by atoms with Crippen molar-refractivity contribution < 1.29 is 9.53 Å². The van der Waals surface area contributed by atoms with Crippen LogP contribution < -0.4 is 10.3 Å². The van der Waals surface area contributed by atoms with Crippen LogP contribution in [0, 0.1) is 0 Å². The molecule has 1 atom stereocenters.